The molecule has 13 heteroatoms. The normalized spacial score (nSPS) is 12.2. The van der Waals surface area contributed by atoms with E-state index in [0.717, 1.165) is 6.07 Å². The minimum absolute atomic E-state index is 0.0526. The molecule has 0 spiro atoms. The third-order valence-electron chi connectivity index (χ3n) is 6.21. The Morgan fingerprint density at radius 3 is 1.85 bits per heavy atom. The van der Waals surface area contributed by atoms with E-state index in [1.807, 2.05) is 0 Å². The summed E-state index contributed by atoms with van der Waals surface area (Å²) in [5, 5.41) is 3.80. The Labute approximate surface area is 237 Å². The maximum Gasteiger partial charge on any atom is 0.296 e. The molecule has 0 heterocycles. The molecule has 0 amide bonds. The third-order valence-corrected chi connectivity index (χ3v) is 8.89. The highest BCUT2D eigenvalue weighted by atomic mass is 32.2. The number of hydrogen-bond acceptors (Lipinski definition) is 7. The van der Waals surface area contributed by atoms with Crippen molar-refractivity contribution in [1.29, 1.82) is 0 Å². The first-order valence-corrected chi connectivity index (χ1v) is 16.1. The van der Waals surface area contributed by atoms with Gasteiger partial charge in [0.1, 0.15) is 14.7 Å². The van der Waals surface area contributed by atoms with Crippen LogP contribution >= 0.6 is 0 Å². The summed E-state index contributed by atoms with van der Waals surface area (Å²) in [6.45, 7) is 7.00. The van der Waals surface area contributed by atoms with Gasteiger partial charge in [0.15, 0.2) is 0 Å². The topological polar surface area (TPSA) is 175 Å². The first-order valence-electron chi connectivity index (χ1n) is 11.8. The highest BCUT2D eigenvalue weighted by Gasteiger charge is 2.25. The molecule has 4 aromatic rings. The number of nitrogens with one attached hydrogen (secondary N) is 1. The smallest absolute Gasteiger partial charge is 0.296 e. The third kappa shape index (κ3) is 6.56. The van der Waals surface area contributed by atoms with E-state index in [-0.39, 0.29) is 28.1 Å². The van der Waals surface area contributed by atoms with Gasteiger partial charge in [-0.2, -0.15) is 25.3 Å². The van der Waals surface area contributed by atoms with Gasteiger partial charge < -0.3 is 5.32 Å². The van der Waals surface area contributed by atoms with Crippen molar-refractivity contribution in [2.75, 3.05) is 5.32 Å². The van der Waals surface area contributed by atoms with Crippen LogP contribution in [0.15, 0.2) is 93.5 Å². The van der Waals surface area contributed by atoms with Crippen molar-refractivity contribution in [3.8, 4) is 0 Å². The molecule has 0 bridgehead atoms. The van der Waals surface area contributed by atoms with E-state index < -0.39 is 45.0 Å². The summed E-state index contributed by atoms with van der Waals surface area (Å²) in [5.41, 5.74) is 0.969. The molecule has 0 saturated heterocycles. The predicted octanol–water partition coefficient (Wildman–Crippen LogP) is 3.44. The highest BCUT2D eigenvalue weighted by molar-refractivity contribution is 7.86. The molecule has 4 aromatic carbocycles. The van der Waals surface area contributed by atoms with E-state index in [1.54, 1.807) is 44.2 Å². The van der Waals surface area contributed by atoms with Gasteiger partial charge in [0, 0.05) is 5.56 Å². The summed E-state index contributed by atoms with van der Waals surface area (Å²) >= 11 is 0. The van der Waals surface area contributed by atoms with Crippen molar-refractivity contribution >= 4 is 53.9 Å². The quantitative estimate of drug-likeness (QED) is 0.225. The maximum atomic E-state index is 12.6. The first-order chi connectivity index (χ1) is 19.0. The number of rotatable bonds is 7. The second kappa shape index (κ2) is 10.9. The van der Waals surface area contributed by atoms with Crippen LogP contribution in [0.4, 0.5) is 11.4 Å². The zero-order valence-electron chi connectivity index (χ0n) is 21.7. The van der Waals surface area contributed by atoms with E-state index in [1.165, 1.54) is 42.5 Å². The van der Waals surface area contributed by atoms with Gasteiger partial charge in [-0.25, -0.2) is 0 Å². The SMILES string of the molecule is C=c1ccc(=C(c2ccc(Nc3c(C)cc(C)cc3S(=O)(=O)O)c(S(=O)(=O)O)c2)c2ccccc2S(=O)(=O)O)cc1. The predicted molar refractivity (Wildman–Crippen MR) is 154 cm³/mol. The minimum atomic E-state index is -4.95. The van der Waals surface area contributed by atoms with Crippen molar-refractivity contribution < 1.29 is 38.9 Å². The van der Waals surface area contributed by atoms with E-state index in [2.05, 4.69) is 11.9 Å². The van der Waals surface area contributed by atoms with Gasteiger partial charge in [0.25, 0.3) is 30.4 Å². The summed E-state index contributed by atoms with van der Waals surface area (Å²) in [7, 11) is -14.4. The molecule has 0 radical (unpaired) electrons. The van der Waals surface area contributed by atoms with Gasteiger partial charge >= 0.3 is 0 Å². The Kier molecular flexibility index (Phi) is 7.97. The van der Waals surface area contributed by atoms with Crippen LogP contribution in [0.1, 0.15) is 22.3 Å². The number of benzene rings is 4. The Balaban J connectivity index is 2.05. The summed E-state index contributed by atoms with van der Waals surface area (Å²) < 4.78 is 104. The molecule has 0 unspecified atom stereocenters. The summed E-state index contributed by atoms with van der Waals surface area (Å²) in [4.78, 5) is -1.59. The van der Waals surface area contributed by atoms with Crippen LogP contribution < -0.4 is 15.8 Å². The van der Waals surface area contributed by atoms with Crippen LogP contribution in [-0.2, 0) is 30.4 Å². The molecule has 0 aliphatic carbocycles. The van der Waals surface area contributed by atoms with Gasteiger partial charge in [-0.15, -0.1) is 0 Å². The zero-order valence-corrected chi connectivity index (χ0v) is 24.2. The van der Waals surface area contributed by atoms with Gasteiger partial charge in [0.2, 0.25) is 0 Å². The Hall–Kier alpha value is -3.85. The molecule has 0 aromatic heterocycles. The zero-order chi connectivity index (χ0) is 30.3. The molecular weight excluding hydrogens is 591 g/mol. The monoisotopic (exact) mass is 615 g/mol. The fourth-order valence-electron chi connectivity index (χ4n) is 4.47. The molecule has 0 saturated carbocycles. The van der Waals surface area contributed by atoms with Crippen molar-refractivity contribution in [3.05, 3.63) is 112 Å². The lowest BCUT2D eigenvalue weighted by Crippen LogP contribution is -2.15. The molecule has 0 aliphatic heterocycles. The van der Waals surface area contributed by atoms with Gasteiger partial charge in [-0.1, -0.05) is 61.2 Å². The van der Waals surface area contributed by atoms with E-state index in [9.17, 15) is 38.9 Å². The van der Waals surface area contributed by atoms with Crippen molar-refractivity contribution in [2.24, 2.45) is 0 Å². The Morgan fingerprint density at radius 1 is 0.683 bits per heavy atom. The molecule has 0 fully saturated rings. The molecule has 4 rings (SSSR count). The van der Waals surface area contributed by atoms with Crippen LogP contribution in [0.25, 0.3) is 12.2 Å². The fourth-order valence-corrected chi connectivity index (χ4v) is 6.64. The summed E-state index contributed by atoms with van der Waals surface area (Å²) in [6, 6.07) is 18.7. The second-order valence-corrected chi connectivity index (χ2v) is 13.5. The largest absolute Gasteiger partial charge is 0.353 e. The van der Waals surface area contributed by atoms with E-state index in [0.29, 0.717) is 21.6 Å². The van der Waals surface area contributed by atoms with Crippen molar-refractivity contribution in [3.63, 3.8) is 0 Å². The molecular formula is C28H25NO9S3. The number of anilines is 2. The second-order valence-electron chi connectivity index (χ2n) is 9.28. The lowest BCUT2D eigenvalue weighted by molar-refractivity contribution is 0.480. The molecule has 214 valence electrons. The Morgan fingerprint density at radius 2 is 1.27 bits per heavy atom. The van der Waals surface area contributed by atoms with Crippen LogP contribution in [-0.4, -0.2) is 38.9 Å². The maximum absolute atomic E-state index is 12.6. The average molecular weight is 616 g/mol. The van der Waals surface area contributed by atoms with E-state index >= 15 is 0 Å². The standard InChI is InChI=1S/C28H25NO9S3/c1-17-8-10-20(11-9-17)27(22-6-4-5-7-24(22)39(30,31)32)21-12-13-23(25(16-21)40(33,34)35)29-28-19(3)14-18(2)15-26(28)41(36,37)38/h4-16,29H,1H2,2-3H3,(H,30,31,32)(H,33,34,35)(H,36,37,38). The Bertz CT molecular complexity index is 2120. The van der Waals surface area contributed by atoms with Crippen LogP contribution in [0.3, 0.4) is 0 Å². The number of aryl methyl sites for hydroxylation is 2. The first kappa shape index (κ1) is 30.1. The van der Waals surface area contributed by atoms with E-state index in [4.69, 9.17) is 0 Å². The van der Waals surface area contributed by atoms with Crippen LogP contribution in [0, 0.1) is 13.8 Å². The summed E-state index contributed by atoms with van der Waals surface area (Å²) in [6.07, 6.45) is 0. The molecule has 4 N–H and O–H groups in total. The number of hydrogen-bond donors (Lipinski definition) is 4. The fraction of sp³-hybridized carbons (Fsp3) is 0.0714. The van der Waals surface area contributed by atoms with Crippen LogP contribution in [0.2, 0.25) is 0 Å². The van der Waals surface area contributed by atoms with Crippen LogP contribution in [0.5, 0.6) is 0 Å². The lowest BCUT2D eigenvalue weighted by Gasteiger charge is -2.18. The highest BCUT2D eigenvalue weighted by Crippen LogP contribution is 2.35. The molecule has 0 atom stereocenters. The van der Waals surface area contributed by atoms with Crippen molar-refractivity contribution in [2.45, 2.75) is 28.5 Å². The van der Waals surface area contributed by atoms with Gasteiger partial charge in [0.05, 0.1) is 11.4 Å². The van der Waals surface area contributed by atoms with Gasteiger partial charge in [-0.05, 0) is 70.8 Å². The summed E-state index contributed by atoms with van der Waals surface area (Å²) in [5.74, 6) is 0. The minimum Gasteiger partial charge on any atom is -0.353 e. The lowest BCUT2D eigenvalue weighted by atomic mass is 9.95. The van der Waals surface area contributed by atoms with Crippen molar-refractivity contribution in [1.82, 2.24) is 0 Å². The average Bonchev–Trinajstić information content (AvgIpc) is 2.86. The molecule has 10 nitrogen and oxygen atoms in total. The molecule has 0 aliphatic rings. The molecule has 41 heavy (non-hydrogen) atoms. The van der Waals surface area contributed by atoms with Gasteiger partial charge in [-0.3, -0.25) is 13.7 Å².